The van der Waals surface area contributed by atoms with E-state index in [2.05, 4.69) is 35.7 Å². The Morgan fingerprint density at radius 2 is 1.75 bits per heavy atom. The van der Waals surface area contributed by atoms with Crippen LogP contribution in [0.4, 0.5) is 5.69 Å². The number of sulfonamides is 1. The highest BCUT2D eigenvalue weighted by atomic mass is 35.5. The Labute approximate surface area is 173 Å². The predicted molar refractivity (Wildman–Crippen MR) is 110 cm³/mol. The maximum Gasteiger partial charge on any atom is 0.261 e. The summed E-state index contributed by atoms with van der Waals surface area (Å²) < 4.78 is 33.7. The van der Waals surface area contributed by atoms with E-state index in [4.69, 9.17) is 27.6 Å². The smallest absolute Gasteiger partial charge is 0.261 e. The molecule has 0 fully saturated rings. The van der Waals surface area contributed by atoms with E-state index in [0.29, 0.717) is 10.6 Å². The van der Waals surface area contributed by atoms with E-state index < -0.39 is 10.0 Å². The van der Waals surface area contributed by atoms with Crippen LogP contribution in [0.1, 0.15) is 32.2 Å². The summed E-state index contributed by atoms with van der Waals surface area (Å²) in [5, 5.41) is 8.11. The van der Waals surface area contributed by atoms with Gasteiger partial charge in [0.15, 0.2) is 0 Å². The van der Waals surface area contributed by atoms with Crippen molar-refractivity contribution < 1.29 is 12.8 Å². The van der Waals surface area contributed by atoms with Gasteiger partial charge in [-0.3, -0.25) is 4.72 Å². The van der Waals surface area contributed by atoms with Crippen molar-refractivity contribution in [2.75, 3.05) is 4.72 Å². The van der Waals surface area contributed by atoms with E-state index in [1.165, 1.54) is 0 Å². The first-order chi connectivity index (χ1) is 13.1. The van der Waals surface area contributed by atoms with Crippen molar-refractivity contribution >= 4 is 38.9 Å². The quantitative estimate of drug-likeness (QED) is 0.550. The Morgan fingerprint density at radius 1 is 1.07 bits per heavy atom. The molecule has 148 valence electrons. The third kappa shape index (κ3) is 4.48. The lowest BCUT2D eigenvalue weighted by Crippen LogP contribution is -2.15. The molecule has 6 nitrogen and oxygen atoms in total. The molecule has 9 heteroatoms. The number of anilines is 1. The first-order valence-electron chi connectivity index (χ1n) is 8.42. The summed E-state index contributed by atoms with van der Waals surface area (Å²) in [6.45, 7) is 6.19. The average molecular weight is 440 g/mol. The third-order valence-electron chi connectivity index (χ3n) is 4.07. The van der Waals surface area contributed by atoms with Crippen LogP contribution in [0.3, 0.4) is 0 Å². The van der Waals surface area contributed by atoms with Gasteiger partial charge in [0.25, 0.3) is 10.0 Å². The number of aromatic nitrogens is 2. The van der Waals surface area contributed by atoms with Gasteiger partial charge in [-0.2, -0.15) is 0 Å². The minimum absolute atomic E-state index is 0.0503. The normalized spacial score (nSPS) is 12.2. The first-order valence-corrected chi connectivity index (χ1v) is 10.8. The topological polar surface area (TPSA) is 85.1 Å². The van der Waals surface area contributed by atoms with Gasteiger partial charge in [-0.25, -0.2) is 8.42 Å². The predicted octanol–water partition coefficient (Wildman–Crippen LogP) is 5.23. The third-order valence-corrected chi connectivity index (χ3v) is 5.91. The molecular weight excluding hydrogens is 421 g/mol. The highest BCUT2D eigenvalue weighted by molar-refractivity contribution is 7.92. The van der Waals surface area contributed by atoms with Gasteiger partial charge in [-0.15, -0.1) is 21.8 Å². The van der Waals surface area contributed by atoms with Gasteiger partial charge in [0.1, 0.15) is 5.88 Å². The summed E-state index contributed by atoms with van der Waals surface area (Å²) in [6, 6.07) is 11.4. The van der Waals surface area contributed by atoms with E-state index in [9.17, 15) is 8.42 Å². The molecule has 1 heterocycles. The lowest BCUT2D eigenvalue weighted by Gasteiger charge is -2.19. The standard InChI is InChI=1S/C19H19Cl2N3O3S/c1-19(2,3)12-4-7-14(8-5-12)28(25,26)24-16-9-6-13(21)10-15(16)18-23-22-17(11-20)27-18/h4-10,24H,11H2,1-3H3. The van der Waals surface area contributed by atoms with Gasteiger partial charge in [0, 0.05) is 5.02 Å². The van der Waals surface area contributed by atoms with Crippen molar-refractivity contribution in [2.24, 2.45) is 0 Å². The van der Waals surface area contributed by atoms with Gasteiger partial charge < -0.3 is 4.42 Å². The zero-order valence-corrected chi connectivity index (χ0v) is 17.9. The summed E-state index contributed by atoms with van der Waals surface area (Å²) in [6.07, 6.45) is 0. The summed E-state index contributed by atoms with van der Waals surface area (Å²) >= 11 is 11.8. The largest absolute Gasteiger partial charge is 0.419 e. The zero-order chi connectivity index (χ0) is 20.5. The molecule has 1 aromatic heterocycles. The second-order valence-electron chi connectivity index (χ2n) is 7.20. The Balaban J connectivity index is 1.96. The molecule has 0 unspecified atom stereocenters. The molecule has 3 rings (SSSR count). The maximum atomic E-state index is 12.9. The van der Waals surface area contributed by atoms with Gasteiger partial charge in [-0.1, -0.05) is 44.5 Å². The molecule has 0 spiro atoms. The number of rotatable bonds is 5. The van der Waals surface area contributed by atoms with Crippen molar-refractivity contribution in [3.8, 4) is 11.5 Å². The van der Waals surface area contributed by atoms with Crippen LogP contribution in [0.25, 0.3) is 11.5 Å². The lowest BCUT2D eigenvalue weighted by molar-refractivity contribution is 0.527. The second-order valence-corrected chi connectivity index (χ2v) is 9.59. The zero-order valence-electron chi connectivity index (χ0n) is 15.5. The number of nitrogens with one attached hydrogen (secondary N) is 1. The minimum atomic E-state index is -3.83. The van der Waals surface area contributed by atoms with Crippen LogP contribution < -0.4 is 4.72 Å². The van der Waals surface area contributed by atoms with Gasteiger partial charge >= 0.3 is 0 Å². The molecule has 28 heavy (non-hydrogen) atoms. The monoisotopic (exact) mass is 439 g/mol. The molecule has 0 atom stereocenters. The summed E-state index contributed by atoms with van der Waals surface area (Å²) in [7, 11) is -3.83. The number of benzene rings is 2. The molecule has 2 aromatic carbocycles. The summed E-state index contributed by atoms with van der Waals surface area (Å²) in [5.41, 5.74) is 1.61. The molecule has 0 radical (unpaired) electrons. The van der Waals surface area contributed by atoms with Gasteiger partial charge in [0.05, 0.1) is 16.1 Å². The van der Waals surface area contributed by atoms with E-state index in [1.807, 2.05) is 12.1 Å². The Bertz CT molecular complexity index is 1090. The minimum Gasteiger partial charge on any atom is -0.419 e. The second kappa shape index (κ2) is 7.73. The van der Waals surface area contributed by atoms with Crippen molar-refractivity contribution in [2.45, 2.75) is 37.0 Å². The highest BCUT2D eigenvalue weighted by Crippen LogP contribution is 2.32. The Kier molecular flexibility index (Phi) is 5.70. The van der Waals surface area contributed by atoms with E-state index in [1.54, 1.807) is 30.3 Å². The number of hydrogen-bond acceptors (Lipinski definition) is 5. The molecular formula is C19H19Cl2N3O3S. The van der Waals surface area contributed by atoms with Crippen LogP contribution >= 0.6 is 23.2 Å². The molecule has 0 bridgehead atoms. The Hall–Kier alpha value is -2.09. The van der Waals surface area contributed by atoms with E-state index in [-0.39, 0.29) is 33.7 Å². The maximum absolute atomic E-state index is 12.9. The molecule has 0 amide bonds. The van der Waals surface area contributed by atoms with Crippen LogP contribution in [0.5, 0.6) is 0 Å². The van der Waals surface area contributed by atoms with Crippen molar-refractivity contribution in [3.05, 3.63) is 58.9 Å². The molecule has 0 aliphatic carbocycles. The van der Waals surface area contributed by atoms with Gasteiger partial charge in [0.2, 0.25) is 11.8 Å². The molecule has 0 saturated heterocycles. The number of alkyl halides is 1. The molecule has 1 N–H and O–H groups in total. The first kappa shape index (κ1) is 20.6. The van der Waals surface area contributed by atoms with Crippen LogP contribution in [0.15, 0.2) is 51.8 Å². The SMILES string of the molecule is CC(C)(C)c1ccc(S(=O)(=O)Nc2ccc(Cl)cc2-c2nnc(CCl)o2)cc1. The van der Waals surface area contributed by atoms with Crippen LogP contribution in [-0.4, -0.2) is 18.6 Å². The summed E-state index contributed by atoms with van der Waals surface area (Å²) in [5.74, 6) is 0.400. The fourth-order valence-electron chi connectivity index (χ4n) is 2.54. The molecule has 0 aliphatic heterocycles. The fraction of sp³-hybridized carbons (Fsp3) is 0.263. The summed E-state index contributed by atoms with van der Waals surface area (Å²) in [4.78, 5) is 0.147. The number of halogens is 2. The highest BCUT2D eigenvalue weighted by Gasteiger charge is 2.21. The van der Waals surface area contributed by atoms with Crippen LogP contribution in [0.2, 0.25) is 5.02 Å². The van der Waals surface area contributed by atoms with Crippen molar-refractivity contribution in [1.82, 2.24) is 10.2 Å². The number of nitrogens with zero attached hydrogens (tertiary/aromatic N) is 2. The fourth-order valence-corrected chi connectivity index (χ4v) is 3.90. The molecule has 0 saturated carbocycles. The molecule has 0 aliphatic rings. The lowest BCUT2D eigenvalue weighted by atomic mass is 9.87. The number of hydrogen-bond donors (Lipinski definition) is 1. The van der Waals surface area contributed by atoms with Crippen molar-refractivity contribution in [1.29, 1.82) is 0 Å². The van der Waals surface area contributed by atoms with E-state index >= 15 is 0 Å². The molecule has 3 aromatic rings. The van der Waals surface area contributed by atoms with Crippen LogP contribution in [0, 0.1) is 0 Å². The van der Waals surface area contributed by atoms with Crippen LogP contribution in [-0.2, 0) is 21.3 Å². The van der Waals surface area contributed by atoms with E-state index in [0.717, 1.165) is 5.56 Å². The average Bonchev–Trinajstić information content (AvgIpc) is 3.11. The van der Waals surface area contributed by atoms with Gasteiger partial charge in [-0.05, 0) is 41.3 Å². The van der Waals surface area contributed by atoms with Crippen molar-refractivity contribution in [3.63, 3.8) is 0 Å². The Morgan fingerprint density at radius 3 is 2.32 bits per heavy atom.